The van der Waals surface area contributed by atoms with E-state index < -0.39 is 0 Å². The number of nitrogens with zero attached hydrogens (tertiary/aromatic N) is 1. The molecular weight excluding hydrogens is 162 g/mol. The first-order valence-corrected chi connectivity index (χ1v) is 4.77. The molecule has 0 unspecified atom stereocenters. The molecule has 0 aliphatic heterocycles. The Hall–Kier alpha value is -0.630. The van der Waals surface area contributed by atoms with Crippen molar-refractivity contribution in [2.24, 2.45) is 5.41 Å². The molecule has 0 spiro atoms. The fraction of sp³-hybridized carbons (Fsp3) is 0.727. The first kappa shape index (κ1) is 12.4. The summed E-state index contributed by atoms with van der Waals surface area (Å²) in [6.07, 6.45) is 3.61. The third kappa shape index (κ3) is 5.58. The molecule has 0 rings (SSSR count). The van der Waals surface area contributed by atoms with Gasteiger partial charge in [-0.15, -0.1) is 0 Å². The lowest BCUT2D eigenvalue weighted by molar-refractivity contribution is -0.121. The van der Waals surface area contributed by atoms with Crippen molar-refractivity contribution >= 4 is 5.78 Å². The first-order chi connectivity index (χ1) is 5.88. The maximum Gasteiger partial charge on any atom is 0.160 e. The standard InChI is InChI=1S/C11H21NO/c1-6-12(5)9-7-8-10(13)11(2,3)4/h7-8H,6,9H2,1-5H3/b8-7+. The van der Waals surface area contributed by atoms with E-state index in [4.69, 9.17) is 0 Å². The molecular formula is C11H21NO. The molecule has 0 fully saturated rings. The van der Waals surface area contributed by atoms with E-state index in [-0.39, 0.29) is 11.2 Å². The van der Waals surface area contributed by atoms with E-state index in [2.05, 4.69) is 11.8 Å². The molecule has 0 N–H and O–H groups in total. The Kier molecular flexibility index (Phi) is 4.92. The minimum atomic E-state index is -0.249. The van der Waals surface area contributed by atoms with E-state index in [9.17, 15) is 4.79 Å². The molecule has 0 saturated heterocycles. The van der Waals surface area contributed by atoms with Crippen molar-refractivity contribution < 1.29 is 4.79 Å². The fourth-order valence-electron chi connectivity index (χ4n) is 0.719. The molecule has 0 amide bonds. The molecule has 0 aromatic heterocycles. The molecule has 0 aromatic carbocycles. The van der Waals surface area contributed by atoms with Gasteiger partial charge in [0.1, 0.15) is 0 Å². The lowest BCUT2D eigenvalue weighted by Gasteiger charge is -2.14. The average molecular weight is 183 g/mol. The second-order valence-electron chi connectivity index (χ2n) is 4.37. The molecule has 0 atom stereocenters. The number of likely N-dealkylation sites (N-methyl/N-ethyl adjacent to an activating group) is 1. The van der Waals surface area contributed by atoms with Crippen molar-refractivity contribution in [2.75, 3.05) is 20.1 Å². The van der Waals surface area contributed by atoms with Gasteiger partial charge in [0, 0.05) is 12.0 Å². The normalized spacial score (nSPS) is 12.8. The predicted molar refractivity (Wildman–Crippen MR) is 56.8 cm³/mol. The van der Waals surface area contributed by atoms with Gasteiger partial charge in [-0.25, -0.2) is 0 Å². The zero-order chi connectivity index (χ0) is 10.5. The van der Waals surface area contributed by atoms with Crippen LogP contribution in [0.4, 0.5) is 0 Å². The second-order valence-corrected chi connectivity index (χ2v) is 4.37. The summed E-state index contributed by atoms with van der Waals surface area (Å²) in [5.74, 6) is 0.192. The molecule has 2 heteroatoms. The molecule has 0 radical (unpaired) electrons. The SMILES string of the molecule is CCN(C)C/C=C/C(=O)C(C)(C)C. The Bertz CT molecular complexity index is 189. The van der Waals surface area contributed by atoms with E-state index in [1.807, 2.05) is 33.9 Å². The van der Waals surface area contributed by atoms with Crippen LogP contribution in [0.5, 0.6) is 0 Å². The van der Waals surface area contributed by atoms with Crippen LogP contribution in [0.15, 0.2) is 12.2 Å². The Labute approximate surface area is 81.6 Å². The highest BCUT2D eigenvalue weighted by Gasteiger charge is 2.17. The van der Waals surface area contributed by atoms with E-state index in [0.717, 1.165) is 13.1 Å². The van der Waals surface area contributed by atoms with Crippen LogP contribution >= 0.6 is 0 Å². The minimum Gasteiger partial charge on any atom is -0.303 e. The zero-order valence-electron chi connectivity index (χ0n) is 9.42. The van der Waals surface area contributed by atoms with Gasteiger partial charge < -0.3 is 4.90 Å². The van der Waals surface area contributed by atoms with Crippen LogP contribution in [-0.2, 0) is 4.79 Å². The highest BCUT2D eigenvalue weighted by Crippen LogP contribution is 2.14. The van der Waals surface area contributed by atoms with E-state index >= 15 is 0 Å². The molecule has 0 bridgehead atoms. The summed E-state index contributed by atoms with van der Waals surface area (Å²) in [7, 11) is 2.03. The van der Waals surface area contributed by atoms with Crippen LogP contribution in [0.1, 0.15) is 27.7 Å². The maximum absolute atomic E-state index is 11.4. The van der Waals surface area contributed by atoms with Crippen molar-refractivity contribution in [3.05, 3.63) is 12.2 Å². The molecule has 0 aliphatic carbocycles. The molecule has 0 aliphatic rings. The Morgan fingerprint density at radius 1 is 1.38 bits per heavy atom. The summed E-state index contributed by atoms with van der Waals surface area (Å²) in [4.78, 5) is 13.6. The van der Waals surface area contributed by atoms with Gasteiger partial charge in [0.25, 0.3) is 0 Å². The molecule has 2 nitrogen and oxygen atoms in total. The molecule has 0 heterocycles. The minimum absolute atomic E-state index is 0.192. The van der Waals surface area contributed by atoms with Crippen LogP contribution in [-0.4, -0.2) is 30.8 Å². The topological polar surface area (TPSA) is 20.3 Å². The van der Waals surface area contributed by atoms with E-state index in [1.165, 1.54) is 0 Å². The zero-order valence-corrected chi connectivity index (χ0v) is 9.42. The smallest absolute Gasteiger partial charge is 0.160 e. The van der Waals surface area contributed by atoms with Crippen molar-refractivity contribution in [3.8, 4) is 0 Å². The molecule has 76 valence electrons. The van der Waals surface area contributed by atoms with Crippen LogP contribution in [0.3, 0.4) is 0 Å². The fourth-order valence-corrected chi connectivity index (χ4v) is 0.719. The number of hydrogen-bond acceptors (Lipinski definition) is 2. The summed E-state index contributed by atoms with van der Waals surface area (Å²) in [6.45, 7) is 9.75. The number of hydrogen-bond donors (Lipinski definition) is 0. The Morgan fingerprint density at radius 2 is 1.92 bits per heavy atom. The largest absolute Gasteiger partial charge is 0.303 e. The number of rotatable bonds is 4. The van der Waals surface area contributed by atoms with Crippen molar-refractivity contribution in [3.63, 3.8) is 0 Å². The van der Waals surface area contributed by atoms with Crippen LogP contribution < -0.4 is 0 Å². The number of allylic oxidation sites excluding steroid dienone is 1. The van der Waals surface area contributed by atoms with E-state index in [1.54, 1.807) is 6.08 Å². The van der Waals surface area contributed by atoms with Gasteiger partial charge in [-0.1, -0.05) is 33.8 Å². The first-order valence-electron chi connectivity index (χ1n) is 4.77. The van der Waals surface area contributed by atoms with Gasteiger partial charge in [-0.2, -0.15) is 0 Å². The Balaban J connectivity index is 3.93. The third-order valence-electron chi connectivity index (χ3n) is 1.97. The highest BCUT2D eigenvalue weighted by molar-refractivity contribution is 5.93. The van der Waals surface area contributed by atoms with Crippen molar-refractivity contribution in [2.45, 2.75) is 27.7 Å². The number of ketones is 1. The average Bonchev–Trinajstić information content (AvgIpc) is 2.02. The summed E-state index contributed by atoms with van der Waals surface area (Å²) < 4.78 is 0. The second kappa shape index (κ2) is 5.18. The number of carbonyl (C=O) groups is 1. The van der Waals surface area contributed by atoms with Gasteiger partial charge in [0.2, 0.25) is 0 Å². The van der Waals surface area contributed by atoms with Gasteiger partial charge in [-0.05, 0) is 19.7 Å². The van der Waals surface area contributed by atoms with Crippen molar-refractivity contribution in [1.29, 1.82) is 0 Å². The summed E-state index contributed by atoms with van der Waals surface area (Å²) in [5.41, 5.74) is -0.249. The summed E-state index contributed by atoms with van der Waals surface area (Å²) in [6, 6.07) is 0. The molecule has 0 saturated carbocycles. The Morgan fingerprint density at radius 3 is 2.31 bits per heavy atom. The van der Waals surface area contributed by atoms with Crippen LogP contribution in [0, 0.1) is 5.41 Å². The van der Waals surface area contributed by atoms with E-state index in [0.29, 0.717) is 0 Å². The summed E-state index contributed by atoms with van der Waals surface area (Å²) in [5, 5.41) is 0. The van der Waals surface area contributed by atoms with Crippen LogP contribution in [0.25, 0.3) is 0 Å². The molecule has 0 aromatic rings. The molecule has 13 heavy (non-hydrogen) atoms. The monoisotopic (exact) mass is 183 g/mol. The lowest BCUT2D eigenvalue weighted by Crippen LogP contribution is -2.20. The third-order valence-corrected chi connectivity index (χ3v) is 1.97. The van der Waals surface area contributed by atoms with Crippen molar-refractivity contribution in [1.82, 2.24) is 4.90 Å². The van der Waals surface area contributed by atoms with Gasteiger partial charge in [0.05, 0.1) is 0 Å². The maximum atomic E-state index is 11.4. The van der Waals surface area contributed by atoms with Crippen LogP contribution in [0.2, 0.25) is 0 Å². The summed E-state index contributed by atoms with van der Waals surface area (Å²) >= 11 is 0. The quantitative estimate of drug-likeness (QED) is 0.622. The van der Waals surface area contributed by atoms with Gasteiger partial charge in [0.15, 0.2) is 5.78 Å². The lowest BCUT2D eigenvalue weighted by atomic mass is 9.91. The highest BCUT2D eigenvalue weighted by atomic mass is 16.1. The van der Waals surface area contributed by atoms with Gasteiger partial charge in [-0.3, -0.25) is 4.79 Å². The number of carbonyl (C=O) groups excluding carboxylic acids is 1. The van der Waals surface area contributed by atoms with Gasteiger partial charge >= 0.3 is 0 Å². The predicted octanol–water partition coefficient (Wildman–Crippen LogP) is 2.11.